The van der Waals surface area contributed by atoms with E-state index in [1.807, 2.05) is 91.0 Å². The van der Waals surface area contributed by atoms with Crippen LogP contribution in [0.1, 0.15) is 11.1 Å². The van der Waals surface area contributed by atoms with Gasteiger partial charge in [-0.15, -0.1) is 0 Å². The minimum Gasteiger partial charge on any atom is -0.0622 e. The van der Waals surface area contributed by atoms with Crippen molar-refractivity contribution in [2.24, 2.45) is 0 Å². The first-order valence-corrected chi connectivity index (χ1v) is 34.3. The Hall–Kier alpha value is -6.70. The maximum Gasteiger partial charge on any atom is -0.0134 e. The summed E-state index contributed by atoms with van der Waals surface area (Å²) in [7, 11) is -0.446. The molecule has 10 aromatic rings. The van der Waals surface area contributed by atoms with E-state index in [1.165, 1.54) is 34.1 Å². The van der Waals surface area contributed by atoms with E-state index in [9.17, 15) is 35.9 Å². The predicted octanol–water partition coefficient (Wildman–Crippen LogP) is 19.3. The van der Waals surface area contributed by atoms with Gasteiger partial charge in [0.25, 0.3) is 0 Å². The molecule has 6 nitrogen and oxygen atoms in total. The van der Waals surface area contributed by atoms with Crippen LogP contribution in [0.25, 0.3) is 0 Å². The Morgan fingerprint density at radius 2 is 0.698 bits per heavy atom. The standard InChI is InChI=1S/C33H24BrCl2F3NO2P.C18H15P.C15H9BrCl2F3NO2/c34-43(24-12-4-1-5-13-24,25-14-6-2-7-15-25,26-16-8-3-9-17-26)22-23-20-31(42-30-19-11-10-18-27(30)35)28(36)21-29(23)40-32(41)33(37,38)39;1-4-10-16(11-5-1)19(17-12-6-2-7-13-17)18-14-8-3-9-15-18;16-7-8-5-13(24-12-4-2-1-3-9(12)17)10(18)6-11(8)22-14(23)15(19,20)21/h1-21H,22H2,(H,40,41);1-15H;1-6H,7H2,(H,22,23). The van der Waals surface area contributed by atoms with Crippen LogP contribution in [0.3, 0.4) is 0 Å². The number of halogens is 12. The Kier molecular flexibility index (Phi) is 22.3. The fourth-order valence-corrected chi connectivity index (χ4v) is 20.1. The largest absolute Gasteiger partial charge is 0.0622 e. The Morgan fingerprint density at radius 1 is 0.407 bits per heavy atom. The van der Waals surface area contributed by atoms with Gasteiger partial charge in [-0.2, -0.15) is 13.2 Å². The third-order valence-electron chi connectivity index (χ3n) is 13.0. The molecule has 440 valence electrons. The molecular formula is C66H48Br2Cl4F6N2O4P2. The van der Waals surface area contributed by atoms with Crippen LogP contribution < -0.4 is 51.9 Å². The Balaban J connectivity index is 0.000000187. The first kappa shape index (κ1) is 65.3. The van der Waals surface area contributed by atoms with Gasteiger partial charge in [0.15, 0.2) is 0 Å². The Morgan fingerprint density at radius 3 is 1.01 bits per heavy atom. The van der Waals surface area contributed by atoms with Crippen molar-refractivity contribution in [1.82, 2.24) is 0 Å². The third-order valence-corrected chi connectivity index (χ3v) is 26.7. The molecule has 0 saturated carbocycles. The van der Waals surface area contributed by atoms with E-state index in [0.29, 0.717) is 32.7 Å². The van der Waals surface area contributed by atoms with Gasteiger partial charge in [0.1, 0.15) is 11.5 Å². The van der Waals surface area contributed by atoms with E-state index >= 15 is 0 Å². The molecule has 2 amide bonds. The van der Waals surface area contributed by atoms with E-state index in [2.05, 4.69) is 128 Å². The van der Waals surface area contributed by atoms with Crippen molar-refractivity contribution in [3.8, 4) is 23.0 Å². The van der Waals surface area contributed by atoms with Crippen LogP contribution in [-0.4, -0.2) is 24.2 Å². The summed E-state index contributed by atoms with van der Waals surface area (Å²) < 4.78 is 89.3. The number of rotatable bonds is 15. The zero-order valence-corrected chi connectivity index (χ0v) is 52.7. The van der Waals surface area contributed by atoms with Crippen molar-refractivity contribution in [2.75, 3.05) is 10.6 Å². The molecule has 0 spiro atoms. The van der Waals surface area contributed by atoms with Crippen LogP contribution in [-0.2, 0) is 21.1 Å². The summed E-state index contributed by atoms with van der Waals surface area (Å²) in [5, 5.41) is 8.00. The molecule has 0 radical (unpaired) electrons. The smallest absolute Gasteiger partial charge is 0.0134 e. The zero-order valence-electron chi connectivity index (χ0n) is 44.7. The second kappa shape index (κ2) is 29.3. The summed E-state index contributed by atoms with van der Waals surface area (Å²) in [5.41, 5.74) is 0.579. The molecule has 0 fully saturated rings. The molecule has 0 aliphatic carbocycles. The molecule has 10 aromatic carbocycles. The summed E-state index contributed by atoms with van der Waals surface area (Å²) in [6.45, 7) is 0. The Bertz CT molecular complexity index is 3720. The van der Waals surface area contributed by atoms with E-state index < -0.39 is 37.4 Å². The van der Waals surface area contributed by atoms with Gasteiger partial charge in [-0.05, 0) is 53.7 Å². The van der Waals surface area contributed by atoms with Crippen molar-refractivity contribution in [3.05, 3.63) is 286 Å². The van der Waals surface area contributed by atoms with Crippen LogP contribution in [0.5, 0.6) is 23.0 Å². The number of carbonyl (C=O) groups is 2. The number of amides is 2. The number of hydrogen-bond acceptors (Lipinski definition) is 4. The zero-order chi connectivity index (χ0) is 61.5. The molecule has 10 rings (SSSR count). The monoisotopic (exact) mass is 1410 g/mol. The van der Waals surface area contributed by atoms with Crippen LogP contribution in [0.2, 0.25) is 20.1 Å². The van der Waals surface area contributed by atoms with Crippen molar-refractivity contribution in [2.45, 2.75) is 23.8 Å². The van der Waals surface area contributed by atoms with E-state index in [-0.39, 0.29) is 44.4 Å². The number of ether oxygens (including phenoxy) is 2. The maximum atomic E-state index is 13.5. The summed E-state index contributed by atoms with van der Waals surface area (Å²) >= 11 is 32.4. The topological polar surface area (TPSA) is 76.7 Å². The molecule has 2 N–H and O–H groups in total. The quantitative estimate of drug-likeness (QED) is 0.0609. The normalized spacial score (nSPS) is 11.8. The molecule has 0 aliphatic heterocycles. The van der Waals surface area contributed by atoms with Crippen molar-refractivity contribution in [3.63, 3.8) is 0 Å². The van der Waals surface area contributed by atoms with Gasteiger partial charge in [0.2, 0.25) is 0 Å². The number of para-hydroxylation sites is 2. The van der Waals surface area contributed by atoms with Crippen molar-refractivity contribution < 1.29 is 45.4 Å². The molecule has 0 aliphatic rings. The van der Waals surface area contributed by atoms with Crippen molar-refractivity contribution in [1.29, 1.82) is 0 Å². The van der Waals surface area contributed by atoms with Crippen LogP contribution in [0.4, 0.5) is 37.7 Å². The van der Waals surface area contributed by atoms with Gasteiger partial charge in [0, 0.05) is 11.0 Å². The van der Waals surface area contributed by atoms with Crippen LogP contribution in [0.15, 0.2) is 255 Å². The third kappa shape index (κ3) is 16.1. The van der Waals surface area contributed by atoms with Crippen LogP contribution >= 0.6 is 91.1 Å². The summed E-state index contributed by atoms with van der Waals surface area (Å²) in [6, 6.07) is 80.4. The molecule has 0 heterocycles. The minimum atomic E-state index is -5.12. The van der Waals surface area contributed by atoms with Crippen LogP contribution in [0, 0.1) is 0 Å². The average Bonchev–Trinajstić information content (AvgIpc) is 1.11. The first-order valence-electron chi connectivity index (χ1n) is 25.8. The molecule has 0 unspecified atom stereocenters. The van der Waals surface area contributed by atoms with Gasteiger partial charge in [0.05, 0.1) is 10.0 Å². The SMILES string of the molecule is O=C(Nc1cc(Cl)c(Oc2ccccc2Cl)cc1CBr)C(F)(F)F.O=C(Nc1cc(Cl)c(Oc2ccccc2Cl)cc1CP(Br)(c1ccccc1)(c1ccccc1)c1ccccc1)C(F)(F)F.c1ccc(P(c2ccccc2)c2ccccc2)cc1. The summed E-state index contributed by atoms with van der Waals surface area (Å²) in [4.78, 5) is 23.3. The van der Waals surface area contributed by atoms with E-state index in [4.69, 9.17) is 55.9 Å². The maximum absolute atomic E-state index is 13.5. The molecule has 86 heavy (non-hydrogen) atoms. The number of benzene rings is 10. The van der Waals surface area contributed by atoms with Gasteiger partial charge in [-0.1, -0.05) is 142 Å². The fourth-order valence-electron chi connectivity index (χ4n) is 8.94. The molecule has 20 heteroatoms. The molecule has 0 bridgehead atoms. The second-order valence-corrected chi connectivity index (χ2v) is 32.0. The van der Waals surface area contributed by atoms with Gasteiger partial charge in [-0.3, -0.25) is 4.79 Å². The first-order chi connectivity index (χ1) is 41.2. The number of carbonyl (C=O) groups excluding carboxylic acids is 2. The summed E-state index contributed by atoms with van der Waals surface area (Å²) in [6.07, 6.45) is -9.95. The fraction of sp³-hybridized carbons (Fsp3) is 0.0606. The number of anilines is 2. The number of hydrogen-bond donors (Lipinski definition) is 2. The molecule has 0 saturated heterocycles. The van der Waals surface area contributed by atoms with Gasteiger partial charge >= 0.3 is 278 Å². The Labute approximate surface area is 531 Å². The molecule has 0 aromatic heterocycles. The molecule has 0 atom stereocenters. The van der Waals surface area contributed by atoms with Crippen molar-refractivity contribution >= 4 is 146 Å². The predicted molar refractivity (Wildman–Crippen MR) is 351 cm³/mol. The van der Waals surface area contributed by atoms with E-state index in [0.717, 1.165) is 15.9 Å². The average molecular weight is 1410 g/mol. The van der Waals surface area contributed by atoms with E-state index in [1.54, 1.807) is 59.9 Å². The van der Waals surface area contributed by atoms with Gasteiger partial charge < -0.3 is 10.1 Å². The number of nitrogens with one attached hydrogen (secondary N) is 2. The molecular weight excluding hydrogens is 1360 g/mol. The minimum absolute atomic E-state index is 0.00448. The second-order valence-electron chi connectivity index (χ2n) is 18.7. The number of alkyl halides is 7. The summed E-state index contributed by atoms with van der Waals surface area (Å²) in [5.74, 6) is -3.17. The van der Waals surface area contributed by atoms with Gasteiger partial charge in [-0.25, -0.2) is 0 Å².